The lowest BCUT2D eigenvalue weighted by atomic mass is 9.98. The minimum absolute atomic E-state index is 0.176. The van der Waals surface area contributed by atoms with Crippen LogP contribution in [0.3, 0.4) is 0 Å². The Hall–Kier alpha value is -1.47. The number of carboxylic acid groups (broad SMARTS) is 1. The number of rotatable bonds is 2. The average Bonchev–Trinajstić information content (AvgIpc) is 2.19. The van der Waals surface area contributed by atoms with Crippen molar-refractivity contribution >= 4 is 23.3 Å². The van der Waals surface area contributed by atoms with E-state index in [1.807, 2.05) is 0 Å². The van der Waals surface area contributed by atoms with Crippen LogP contribution in [0.5, 0.6) is 0 Å². The third kappa shape index (κ3) is 2.62. The maximum atomic E-state index is 12.5. The van der Waals surface area contributed by atoms with Gasteiger partial charge < -0.3 is 16.6 Å². The summed E-state index contributed by atoms with van der Waals surface area (Å²) >= 11 is 5.54. The Balaban J connectivity index is 3.49. The standard InChI is InChI=1S/C9H8ClF3N2O2/c10-4-2-1-3(8(16)17)5(6(4)14)7(15)9(11,12)13/h1-2,7H,14-15H2,(H,16,17)/t7-/m1/s1. The molecule has 0 amide bonds. The van der Waals surface area contributed by atoms with E-state index in [1.165, 1.54) is 0 Å². The van der Waals surface area contributed by atoms with Gasteiger partial charge in [-0.05, 0) is 12.1 Å². The summed E-state index contributed by atoms with van der Waals surface area (Å²) in [6.07, 6.45) is -4.80. The molecular formula is C9H8ClF3N2O2. The molecule has 0 aliphatic rings. The molecule has 94 valence electrons. The fourth-order valence-electron chi connectivity index (χ4n) is 1.30. The van der Waals surface area contributed by atoms with Gasteiger partial charge in [-0.3, -0.25) is 0 Å². The van der Waals surface area contributed by atoms with Crippen molar-refractivity contribution in [2.45, 2.75) is 12.2 Å². The van der Waals surface area contributed by atoms with Gasteiger partial charge in [0.1, 0.15) is 6.04 Å². The number of aromatic carboxylic acids is 1. The second-order valence-electron chi connectivity index (χ2n) is 3.25. The number of carboxylic acids is 1. The molecule has 1 aromatic carbocycles. The van der Waals surface area contributed by atoms with Gasteiger partial charge in [-0.2, -0.15) is 13.2 Å². The van der Waals surface area contributed by atoms with Crippen molar-refractivity contribution in [2.75, 3.05) is 5.73 Å². The van der Waals surface area contributed by atoms with E-state index in [9.17, 15) is 18.0 Å². The number of anilines is 1. The van der Waals surface area contributed by atoms with Crippen molar-refractivity contribution in [3.63, 3.8) is 0 Å². The van der Waals surface area contributed by atoms with E-state index in [-0.39, 0.29) is 5.02 Å². The molecule has 0 heterocycles. The van der Waals surface area contributed by atoms with Crippen LogP contribution in [-0.2, 0) is 0 Å². The normalized spacial score (nSPS) is 13.5. The molecule has 1 atom stereocenters. The van der Waals surface area contributed by atoms with Crippen molar-refractivity contribution in [3.05, 3.63) is 28.3 Å². The van der Waals surface area contributed by atoms with Crippen molar-refractivity contribution < 1.29 is 23.1 Å². The first-order valence-corrected chi connectivity index (χ1v) is 4.67. The van der Waals surface area contributed by atoms with E-state index < -0.39 is 35.0 Å². The molecule has 4 nitrogen and oxygen atoms in total. The number of carbonyl (C=O) groups is 1. The third-order valence-corrected chi connectivity index (χ3v) is 2.46. The molecular weight excluding hydrogens is 261 g/mol. The minimum atomic E-state index is -4.80. The molecule has 0 spiro atoms. The molecule has 17 heavy (non-hydrogen) atoms. The molecule has 1 rings (SSSR count). The molecule has 8 heteroatoms. The summed E-state index contributed by atoms with van der Waals surface area (Å²) in [5.74, 6) is -1.55. The molecule has 1 aromatic rings. The largest absolute Gasteiger partial charge is 0.478 e. The van der Waals surface area contributed by atoms with Crippen molar-refractivity contribution in [2.24, 2.45) is 5.73 Å². The average molecular weight is 269 g/mol. The van der Waals surface area contributed by atoms with Crippen molar-refractivity contribution in [1.29, 1.82) is 0 Å². The molecule has 0 unspecified atom stereocenters. The van der Waals surface area contributed by atoms with Crippen LogP contribution in [0.4, 0.5) is 18.9 Å². The van der Waals surface area contributed by atoms with Gasteiger partial charge in [-0.1, -0.05) is 11.6 Å². The van der Waals surface area contributed by atoms with Crippen LogP contribution in [0.25, 0.3) is 0 Å². The summed E-state index contributed by atoms with van der Waals surface area (Å²) in [7, 11) is 0. The number of halogens is 4. The SMILES string of the molecule is Nc1c(Cl)ccc(C(=O)O)c1[C@@H](N)C(F)(F)F. The fourth-order valence-corrected chi connectivity index (χ4v) is 1.46. The van der Waals surface area contributed by atoms with Crippen LogP contribution in [0, 0.1) is 0 Å². The molecule has 0 aliphatic heterocycles. The van der Waals surface area contributed by atoms with Gasteiger partial charge in [0, 0.05) is 5.56 Å². The molecule has 0 aromatic heterocycles. The van der Waals surface area contributed by atoms with E-state index in [2.05, 4.69) is 0 Å². The van der Waals surface area contributed by atoms with E-state index >= 15 is 0 Å². The molecule has 0 aliphatic carbocycles. The van der Waals surface area contributed by atoms with E-state index in [4.69, 9.17) is 28.2 Å². The van der Waals surface area contributed by atoms with Crippen LogP contribution in [0.15, 0.2) is 12.1 Å². The van der Waals surface area contributed by atoms with Gasteiger partial charge in [0.2, 0.25) is 0 Å². The van der Waals surface area contributed by atoms with Crippen LogP contribution in [0.1, 0.15) is 22.0 Å². The van der Waals surface area contributed by atoms with Gasteiger partial charge in [0.15, 0.2) is 0 Å². The van der Waals surface area contributed by atoms with Crippen molar-refractivity contribution in [1.82, 2.24) is 0 Å². The quantitative estimate of drug-likeness (QED) is 0.717. The number of benzene rings is 1. The number of alkyl halides is 3. The van der Waals surface area contributed by atoms with Crippen LogP contribution < -0.4 is 11.5 Å². The minimum Gasteiger partial charge on any atom is -0.478 e. The Morgan fingerprint density at radius 2 is 1.94 bits per heavy atom. The first-order chi connectivity index (χ1) is 7.66. The molecule has 0 bridgehead atoms. The summed E-state index contributed by atoms with van der Waals surface area (Å²) in [5, 5.41) is 8.60. The van der Waals surface area contributed by atoms with Crippen LogP contribution >= 0.6 is 11.6 Å². The summed E-state index contributed by atoms with van der Waals surface area (Å²) in [4.78, 5) is 10.8. The van der Waals surface area contributed by atoms with Gasteiger partial charge in [-0.15, -0.1) is 0 Å². The smallest absolute Gasteiger partial charge is 0.407 e. The predicted molar refractivity (Wildman–Crippen MR) is 55.8 cm³/mol. The van der Waals surface area contributed by atoms with E-state index in [0.29, 0.717) is 0 Å². The zero-order valence-corrected chi connectivity index (χ0v) is 9.01. The van der Waals surface area contributed by atoms with Gasteiger partial charge in [-0.25, -0.2) is 4.79 Å². The molecule has 0 fully saturated rings. The number of hydrogen-bond donors (Lipinski definition) is 3. The Labute approximate surface area is 99.0 Å². The molecule has 0 saturated carbocycles. The maximum Gasteiger partial charge on any atom is 0.407 e. The zero-order valence-electron chi connectivity index (χ0n) is 8.25. The van der Waals surface area contributed by atoms with Gasteiger partial charge >= 0.3 is 12.1 Å². The lowest BCUT2D eigenvalue weighted by molar-refractivity contribution is -0.149. The monoisotopic (exact) mass is 268 g/mol. The zero-order chi connectivity index (χ0) is 13.4. The first kappa shape index (κ1) is 13.6. The summed E-state index contributed by atoms with van der Waals surface area (Å²) in [5.41, 5.74) is 8.48. The highest BCUT2D eigenvalue weighted by Gasteiger charge is 2.41. The van der Waals surface area contributed by atoms with Crippen LogP contribution in [-0.4, -0.2) is 17.3 Å². The molecule has 5 N–H and O–H groups in total. The number of nitrogen functional groups attached to an aromatic ring is 1. The summed E-state index contributed by atoms with van der Waals surface area (Å²) in [6.45, 7) is 0. The second-order valence-corrected chi connectivity index (χ2v) is 3.65. The first-order valence-electron chi connectivity index (χ1n) is 4.29. The Morgan fingerprint density at radius 1 is 1.41 bits per heavy atom. The Kier molecular flexibility index (Phi) is 3.53. The fraction of sp³-hybridized carbons (Fsp3) is 0.222. The highest BCUT2D eigenvalue weighted by molar-refractivity contribution is 6.33. The highest BCUT2D eigenvalue weighted by atomic mass is 35.5. The van der Waals surface area contributed by atoms with E-state index in [0.717, 1.165) is 12.1 Å². The predicted octanol–water partition coefficient (Wildman–Crippen LogP) is 2.18. The molecule has 0 saturated heterocycles. The Bertz CT molecular complexity index is 462. The van der Waals surface area contributed by atoms with E-state index in [1.54, 1.807) is 0 Å². The van der Waals surface area contributed by atoms with Gasteiger partial charge in [0.25, 0.3) is 0 Å². The van der Waals surface area contributed by atoms with Crippen LogP contribution in [0.2, 0.25) is 5.02 Å². The maximum absolute atomic E-state index is 12.5. The molecule has 0 radical (unpaired) electrons. The van der Waals surface area contributed by atoms with Crippen molar-refractivity contribution in [3.8, 4) is 0 Å². The summed E-state index contributed by atoms with van der Waals surface area (Å²) in [6, 6.07) is -0.457. The lowest BCUT2D eigenvalue weighted by Gasteiger charge is -2.20. The summed E-state index contributed by atoms with van der Waals surface area (Å²) < 4.78 is 37.4. The number of hydrogen-bond acceptors (Lipinski definition) is 3. The number of nitrogens with two attached hydrogens (primary N) is 2. The van der Waals surface area contributed by atoms with Gasteiger partial charge in [0.05, 0.1) is 16.3 Å². The second kappa shape index (κ2) is 4.42. The topological polar surface area (TPSA) is 89.3 Å². The lowest BCUT2D eigenvalue weighted by Crippen LogP contribution is -2.31. The third-order valence-electron chi connectivity index (χ3n) is 2.13. The highest BCUT2D eigenvalue weighted by Crippen LogP contribution is 2.38. The Morgan fingerprint density at radius 3 is 2.35 bits per heavy atom.